The first-order valence-electron chi connectivity index (χ1n) is 5.43. The third-order valence-corrected chi connectivity index (χ3v) is 2.12. The number of nitrogens with two attached hydrogens (primary N) is 1. The van der Waals surface area contributed by atoms with Gasteiger partial charge in [-0.15, -0.1) is 0 Å². The van der Waals surface area contributed by atoms with Gasteiger partial charge in [0.25, 0.3) is 0 Å². The van der Waals surface area contributed by atoms with Crippen LogP contribution in [-0.2, 0) is 6.54 Å². The molecule has 0 spiro atoms. The molecule has 0 unspecified atom stereocenters. The van der Waals surface area contributed by atoms with Crippen LogP contribution in [0.5, 0.6) is 5.75 Å². The van der Waals surface area contributed by atoms with Crippen LogP contribution in [0.1, 0.15) is 18.9 Å². The highest BCUT2D eigenvalue weighted by Gasteiger charge is 1.95. The lowest BCUT2D eigenvalue weighted by atomic mass is 10.2. The number of ether oxygens (including phenoxy) is 1. The first-order valence-corrected chi connectivity index (χ1v) is 5.43. The van der Waals surface area contributed by atoms with Gasteiger partial charge in [0.15, 0.2) is 5.96 Å². The average Bonchev–Trinajstić information content (AvgIpc) is 2.34. The summed E-state index contributed by atoms with van der Waals surface area (Å²) in [7, 11) is 1.65. The van der Waals surface area contributed by atoms with Crippen LogP contribution in [0.25, 0.3) is 0 Å². The molecule has 0 saturated carbocycles. The normalized spacial score (nSPS) is 11.2. The zero-order valence-corrected chi connectivity index (χ0v) is 9.86. The summed E-state index contributed by atoms with van der Waals surface area (Å²) >= 11 is 0. The highest BCUT2D eigenvalue weighted by atomic mass is 16.5. The Kier molecular flexibility index (Phi) is 5.19. The number of hydrogen-bond donors (Lipinski definition) is 2. The van der Waals surface area contributed by atoms with Gasteiger partial charge in [-0.3, -0.25) is 0 Å². The molecule has 0 amide bonds. The molecule has 3 N–H and O–H groups in total. The number of guanidine groups is 1. The third-order valence-electron chi connectivity index (χ3n) is 2.12. The van der Waals surface area contributed by atoms with Gasteiger partial charge in [-0.25, -0.2) is 4.99 Å². The SMILES string of the molecule is CCCNC(N)=NCc1cccc(OC)c1. The molecule has 16 heavy (non-hydrogen) atoms. The van der Waals surface area contributed by atoms with E-state index in [2.05, 4.69) is 17.2 Å². The maximum Gasteiger partial charge on any atom is 0.188 e. The molecule has 0 saturated heterocycles. The number of benzene rings is 1. The van der Waals surface area contributed by atoms with Gasteiger partial charge in [0, 0.05) is 6.54 Å². The molecule has 1 aromatic carbocycles. The van der Waals surface area contributed by atoms with E-state index in [-0.39, 0.29) is 0 Å². The van der Waals surface area contributed by atoms with Crippen molar-refractivity contribution in [2.75, 3.05) is 13.7 Å². The fourth-order valence-corrected chi connectivity index (χ4v) is 1.26. The Labute approximate surface area is 96.5 Å². The summed E-state index contributed by atoms with van der Waals surface area (Å²) in [5.74, 6) is 1.33. The third kappa shape index (κ3) is 4.21. The zero-order chi connectivity index (χ0) is 11.8. The molecule has 0 heterocycles. The summed E-state index contributed by atoms with van der Waals surface area (Å²) in [6.07, 6.45) is 1.04. The lowest BCUT2D eigenvalue weighted by Crippen LogP contribution is -2.32. The van der Waals surface area contributed by atoms with Gasteiger partial charge in [0.1, 0.15) is 5.75 Å². The van der Waals surface area contributed by atoms with E-state index < -0.39 is 0 Å². The molecule has 0 bridgehead atoms. The highest BCUT2D eigenvalue weighted by molar-refractivity contribution is 5.77. The Bertz CT molecular complexity index is 350. The number of nitrogens with one attached hydrogen (secondary N) is 1. The van der Waals surface area contributed by atoms with Crippen molar-refractivity contribution in [3.05, 3.63) is 29.8 Å². The average molecular weight is 221 g/mol. The fraction of sp³-hybridized carbons (Fsp3) is 0.417. The molecule has 4 nitrogen and oxygen atoms in total. The quantitative estimate of drug-likeness (QED) is 0.585. The van der Waals surface area contributed by atoms with Crippen LogP contribution < -0.4 is 15.8 Å². The van der Waals surface area contributed by atoms with Crippen LogP contribution in [0.2, 0.25) is 0 Å². The summed E-state index contributed by atoms with van der Waals surface area (Å²) in [6.45, 7) is 3.51. The first kappa shape index (κ1) is 12.4. The molecule has 1 rings (SSSR count). The van der Waals surface area contributed by atoms with Crippen LogP contribution >= 0.6 is 0 Å². The monoisotopic (exact) mass is 221 g/mol. The van der Waals surface area contributed by atoms with Crippen LogP contribution in [0, 0.1) is 0 Å². The van der Waals surface area contributed by atoms with Crippen molar-refractivity contribution in [3.63, 3.8) is 0 Å². The number of hydrogen-bond acceptors (Lipinski definition) is 2. The molecule has 0 aliphatic carbocycles. The Morgan fingerprint density at radius 2 is 2.31 bits per heavy atom. The molecule has 4 heteroatoms. The number of aliphatic imine (C=N–C) groups is 1. The number of methoxy groups -OCH3 is 1. The van der Waals surface area contributed by atoms with Crippen LogP contribution in [0.3, 0.4) is 0 Å². The molecule has 0 aromatic heterocycles. The van der Waals surface area contributed by atoms with Crippen molar-refractivity contribution in [1.29, 1.82) is 0 Å². The van der Waals surface area contributed by atoms with Crippen LogP contribution in [0.15, 0.2) is 29.3 Å². The van der Waals surface area contributed by atoms with Crippen molar-refractivity contribution in [3.8, 4) is 5.75 Å². The van der Waals surface area contributed by atoms with E-state index in [1.54, 1.807) is 7.11 Å². The van der Waals surface area contributed by atoms with Gasteiger partial charge >= 0.3 is 0 Å². The number of nitrogens with zero attached hydrogens (tertiary/aromatic N) is 1. The van der Waals surface area contributed by atoms with Gasteiger partial charge < -0.3 is 15.8 Å². The maximum absolute atomic E-state index is 5.69. The highest BCUT2D eigenvalue weighted by Crippen LogP contribution is 2.12. The maximum atomic E-state index is 5.69. The number of rotatable bonds is 5. The van der Waals surface area contributed by atoms with Gasteiger partial charge in [-0.1, -0.05) is 19.1 Å². The fourth-order valence-electron chi connectivity index (χ4n) is 1.26. The van der Waals surface area contributed by atoms with Crippen molar-refractivity contribution < 1.29 is 4.74 Å². The predicted octanol–water partition coefficient (Wildman–Crippen LogP) is 1.51. The van der Waals surface area contributed by atoms with Crippen LogP contribution in [0.4, 0.5) is 0 Å². The van der Waals surface area contributed by atoms with Crippen molar-refractivity contribution in [2.45, 2.75) is 19.9 Å². The molecule has 88 valence electrons. The van der Waals surface area contributed by atoms with E-state index in [0.29, 0.717) is 12.5 Å². The van der Waals surface area contributed by atoms with E-state index in [1.807, 2.05) is 24.3 Å². The molecular weight excluding hydrogens is 202 g/mol. The molecule has 0 aliphatic rings. The minimum absolute atomic E-state index is 0.490. The van der Waals surface area contributed by atoms with Crippen molar-refractivity contribution in [2.24, 2.45) is 10.7 Å². The predicted molar refractivity (Wildman–Crippen MR) is 66.6 cm³/mol. The van der Waals surface area contributed by atoms with E-state index in [4.69, 9.17) is 10.5 Å². The van der Waals surface area contributed by atoms with Gasteiger partial charge in [-0.2, -0.15) is 0 Å². The largest absolute Gasteiger partial charge is 0.497 e. The minimum Gasteiger partial charge on any atom is -0.497 e. The van der Waals surface area contributed by atoms with E-state index in [1.165, 1.54) is 0 Å². The molecular formula is C12H19N3O. The summed E-state index contributed by atoms with van der Waals surface area (Å²) in [6, 6.07) is 7.81. The summed E-state index contributed by atoms with van der Waals surface area (Å²) in [5.41, 5.74) is 6.77. The summed E-state index contributed by atoms with van der Waals surface area (Å²) < 4.78 is 5.13. The summed E-state index contributed by atoms with van der Waals surface area (Å²) in [4.78, 5) is 4.24. The van der Waals surface area contributed by atoms with E-state index in [0.717, 1.165) is 24.3 Å². The van der Waals surface area contributed by atoms with Gasteiger partial charge in [0.2, 0.25) is 0 Å². The zero-order valence-electron chi connectivity index (χ0n) is 9.86. The Hall–Kier alpha value is -1.71. The van der Waals surface area contributed by atoms with Gasteiger partial charge in [-0.05, 0) is 24.1 Å². The smallest absolute Gasteiger partial charge is 0.188 e. The molecule has 1 aromatic rings. The molecule has 0 atom stereocenters. The molecule has 0 aliphatic heterocycles. The Balaban J connectivity index is 2.52. The van der Waals surface area contributed by atoms with Crippen molar-refractivity contribution in [1.82, 2.24) is 5.32 Å². The Morgan fingerprint density at radius 1 is 1.50 bits per heavy atom. The van der Waals surface area contributed by atoms with Crippen molar-refractivity contribution >= 4 is 5.96 Å². The topological polar surface area (TPSA) is 59.6 Å². The second-order valence-corrected chi connectivity index (χ2v) is 3.48. The van der Waals surface area contributed by atoms with E-state index >= 15 is 0 Å². The van der Waals surface area contributed by atoms with Crippen LogP contribution in [-0.4, -0.2) is 19.6 Å². The first-order chi connectivity index (χ1) is 7.76. The second kappa shape index (κ2) is 6.71. The standard InChI is InChI=1S/C12H19N3O/c1-3-7-14-12(13)15-9-10-5-4-6-11(8-10)16-2/h4-6,8H,3,7,9H2,1-2H3,(H3,13,14,15). The molecule has 0 fully saturated rings. The Morgan fingerprint density at radius 3 is 3.00 bits per heavy atom. The summed E-state index contributed by atoms with van der Waals surface area (Å²) in [5, 5.41) is 3.03. The van der Waals surface area contributed by atoms with E-state index in [9.17, 15) is 0 Å². The minimum atomic E-state index is 0.490. The second-order valence-electron chi connectivity index (χ2n) is 3.48. The van der Waals surface area contributed by atoms with Gasteiger partial charge in [0.05, 0.1) is 13.7 Å². The molecule has 0 radical (unpaired) electrons. The lowest BCUT2D eigenvalue weighted by molar-refractivity contribution is 0.414. The lowest BCUT2D eigenvalue weighted by Gasteiger charge is -2.04.